The summed E-state index contributed by atoms with van der Waals surface area (Å²) in [4.78, 5) is 11.1. The molecule has 0 atom stereocenters. The zero-order valence-corrected chi connectivity index (χ0v) is 32.4. The molecular weight excluding hydrogens is 802 g/mol. The molecule has 1 N–H and O–H groups in total. The van der Waals surface area contributed by atoms with Crippen molar-refractivity contribution in [2.45, 2.75) is 43.9 Å². The van der Waals surface area contributed by atoms with Crippen molar-refractivity contribution in [3.05, 3.63) is 144 Å². The topological polar surface area (TPSA) is 65.0 Å². The molecule has 14 heteroatoms. The third-order valence-corrected chi connectivity index (χ3v) is 13.8. The third-order valence-electron chi connectivity index (χ3n) is 8.51. The van der Waals surface area contributed by atoms with Gasteiger partial charge in [0.2, 0.25) is 0 Å². The van der Waals surface area contributed by atoms with Crippen LogP contribution >= 0.6 is 15.9 Å². The van der Waals surface area contributed by atoms with Crippen LogP contribution in [0.4, 0.5) is 26.3 Å². The smallest absolute Gasteiger partial charge is 0.320 e. The van der Waals surface area contributed by atoms with Gasteiger partial charge in [0, 0.05) is 33.7 Å². The van der Waals surface area contributed by atoms with Crippen molar-refractivity contribution in [1.29, 1.82) is 0 Å². The highest BCUT2D eigenvalue weighted by Gasteiger charge is 2.41. The van der Waals surface area contributed by atoms with Crippen LogP contribution < -0.4 is 9.47 Å². The predicted octanol–water partition coefficient (Wildman–Crippen LogP) is 12.6. The van der Waals surface area contributed by atoms with E-state index in [0.29, 0.717) is 35.4 Å². The van der Waals surface area contributed by atoms with Crippen LogP contribution in [0.3, 0.4) is 0 Å². The van der Waals surface area contributed by atoms with E-state index in [-0.39, 0.29) is 17.0 Å². The van der Waals surface area contributed by atoms with E-state index in [0.717, 1.165) is 43.9 Å². The van der Waals surface area contributed by atoms with Gasteiger partial charge in [0.1, 0.15) is 55.7 Å². The van der Waals surface area contributed by atoms with E-state index >= 15 is 0 Å². The van der Waals surface area contributed by atoms with Gasteiger partial charge < -0.3 is 14.5 Å². The Balaban J connectivity index is 0.000000158. The normalized spacial score (nSPS) is 11.8. The van der Waals surface area contributed by atoms with Crippen molar-refractivity contribution in [1.82, 2.24) is 19.5 Å². The average molecular weight is 838 g/mol. The molecule has 0 amide bonds. The van der Waals surface area contributed by atoms with E-state index < -0.39 is 24.9 Å². The second-order valence-electron chi connectivity index (χ2n) is 13.5. The quantitative estimate of drug-likeness (QED) is 0.0940. The van der Waals surface area contributed by atoms with Crippen LogP contribution in [-0.2, 0) is 13.2 Å². The number of hydrogen-bond acceptors (Lipinski definition) is 4. The van der Waals surface area contributed by atoms with Crippen molar-refractivity contribution >= 4 is 67.9 Å². The van der Waals surface area contributed by atoms with E-state index in [1.165, 1.54) is 24.4 Å². The molecule has 4 aromatic heterocycles. The lowest BCUT2D eigenvalue weighted by Crippen LogP contribution is -2.39. The zero-order valence-electron chi connectivity index (χ0n) is 29.8. The summed E-state index contributed by atoms with van der Waals surface area (Å²) in [6.07, 6.45) is 2.15. The molecule has 0 aliphatic carbocycles. The highest BCUT2D eigenvalue weighted by molar-refractivity contribution is 9.10. The highest BCUT2D eigenvalue weighted by Crippen LogP contribution is 2.35. The summed E-state index contributed by atoms with van der Waals surface area (Å²) in [5.74, 6) is 0.327. The van der Waals surface area contributed by atoms with Crippen molar-refractivity contribution in [2.24, 2.45) is 0 Å². The number of nitrogens with zero attached hydrogens (tertiary/aromatic N) is 3. The fourth-order valence-corrected chi connectivity index (χ4v) is 5.47. The first kappa shape index (κ1) is 39.4. The molecule has 0 radical (unpaired) electrons. The molecule has 284 valence electrons. The number of fused-ring (bicyclic) bond motifs is 6. The number of ether oxygens (including phenoxy) is 2. The number of pyridine rings is 2. The molecule has 0 aliphatic heterocycles. The number of hydrogen-bond donors (Lipinski definition) is 1. The molecule has 4 heterocycles. The lowest BCUT2D eigenvalue weighted by molar-refractivity contribution is 0.0790. The molecule has 6 nitrogen and oxygen atoms in total. The number of rotatable bonds is 8. The lowest BCUT2D eigenvalue weighted by atomic mass is 10.2. The van der Waals surface area contributed by atoms with Crippen LogP contribution in [0, 0.1) is 11.6 Å². The van der Waals surface area contributed by atoms with Crippen molar-refractivity contribution in [3.8, 4) is 11.5 Å². The first-order valence-corrected chi connectivity index (χ1v) is 21.3. The summed E-state index contributed by atoms with van der Waals surface area (Å²) in [5, 5.41) is 2.58. The molecule has 4 aromatic carbocycles. The Morgan fingerprint density at radius 1 is 0.691 bits per heavy atom. The minimum atomic E-state index is -2.79. The Morgan fingerprint density at radius 2 is 1.20 bits per heavy atom. The number of H-pyrrole nitrogens is 1. The van der Waals surface area contributed by atoms with Crippen LogP contribution in [0.1, 0.15) is 17.7 Å². The van der Waals surface area contributed by atoms with Crippen molar-refractivity contribution in [3.63, 3.8) is 0 Å². The summed E-state index contributed by atoms with van der Waals surface area (Å²) >= 11 is 2.33. The maximum Gasteiger partial charge on any atom is 0.320 e. The maximum atomic E-state index is 13.5. The van der Waals surface area contributed by atoms with Gasteiger partial charge in [-0.2, -0.15) is 17.6 Å². The summed E-state index contributed by atoms with van der Waals surface area (Å²) in [6.45, 7) is 2.89. The molecule has 0 saturated carbocycles. The minimum Gasteiger partial charge on any atom is -0.489 e. The number of aromatic amines is 1. The van der Waals surface area contributed by atoms with Crippen LogP contribution in [0.5, 0.6) is 11.5 Å². The molecule has 0 aliphatic rings. The van der Waals surface area contributed by atoms with E-state index in [1.807, 2.05) is 78.9 Å². The zero-order chi connectivity index (χ0) is 39.3. The molecule has 0 fully saturated rings. The fourth-order valence-electron chi connectivity index (χ4n) is 5.47. The number of alkyl halides is 5. The first-order chi connectivity index (χ1) is 26.2. The highest BCUT2D eigenvalue weighted by atomic mass is 79.9. The molecule has 8 aromatic rings. The van der Waals surface area contributed by atoms with Crippen LogP contribution in [0.25, 0.3) is 43.9 Å². The Labute approximate surface area is 321 Å². The van der Waals surface area contributed by atoms with Gasteiger partial charge in [0.15, 0.2) is 0 Å². The minimum absolute atomic E-state index is 0.0478. The Hall–Kier alpha value is -5.34. The molecule has 0 unspecified atom stereocenters. The number of aromatic nitrogens is 4. The molecule has 0 spiro atoms. The Kier molecular flexibility index (Phi) is 11.9. The summed E-state index contributed by atoms with van der Waals surface area (Å²) in [7, 11) is -2.28. The second-order valence-corrected chi connectivity index (χ2v) is 20.4. The van der Waals surface area contributed by atoms with E-state index in [4.69, 9.17) is 9.47 Å². The number of halogens is 7. The lowest BCUT2D eigenvalue weighted by Gasteiger charge is -2.21. The number of benzene rings is 4. The molecular formula is C41H35BrF6N4O2Si. The molecule has 55 heavy (non-hydrogen) atoms. The van der Waals surface area contributed by atoms with Gasteiger partial charge in [-0.05, 0) is 63.5 Å². The van der Waals surface area contributed by atoms with Gasteiger partial charge >= 0.3 is 6.55 Å². The number of nitrogens with one attached hydrogen (secondary N) is 1. The Bertz CT molecular complexity index is 2530. The van der Waals surface area contributed by atoms with E-state index in [2.05, 4.69) is 30.9 Å². The van der Waals surface area contributed by atoms with E-state index in [9.17, 15) is 26.3 Å². The van der Waals surface area contributed by atoms with Gasteiger partial charge in [0.05, 0.1) is 23.4 Å². The van der Waals surface area contributed by atoms with Crippen LogP contribution in [-0.4, -0.2) is 32.0 Å². The summed E-state index contributed by atoms with van der Waals surface area (Å²) in [5.41, 5.74) is 3.96. The molecule has 8 rings (SSSR count). The van der Waals surface area contributed by atoms with Crippen LogP contribution in [0.15, 0.2) is 122 Å². The van der Waals surface area contributed by atoms with Gasteiger partial charge in [-0.1, -0.05) is 80.3 Å². The largest absolute Gasteiger partial charge is 0.489 e. The third kappa shape index (κ3) is 9.49. The monoisotopic (exact) mass is 836 g/mol. The molecule has 0 bridgehead atoms. The van der Waals surface area contributed by atoms with Gasteiger partial charge in [0.25, 0.3) is 4.46 Å². The van der Waals surface area contributed by atoms with Gasteiger partial charge in [-0.25, -0.2) is 18.7 Å². The van der Waals surface area contributed by atoms with Gasteiger partial charge in [-0.15, -0.1) is 0 Å². The van der Waals surface area contributed by atoms with Gasteiger partial charge in [-0.3, -0.25) is 4.57 Å². The standard InChI is InChI=1S/C19H13F3N2O.C18H13FN2O.C4H9BrF2Si/c20-13-8-16-15-7-6-14(25-11-12-4-2-1-3-5-12)9-17(15)24(19(21)22)18(16)23-10-13;19-13-8-16-15-7-6-14(9-17(15)21-18(16)20-10-13)22-11-12-4-2-1-3-5-12;1-8(2,3)4(5,6)7/h1-10,19H,11H2;1-10H,11H2,(H,20,21);1-3H3. The summed E-state index contributed by atoms with van der Waals surface area (Å²) < 4.78 is 88.0. The van der Waals surface area contributed by atoms with Crippen molar-refractivity contribution < 1.29 is 35.8 Å². The second kappa shape index (κ2) is 16.6. The predicted molar refractivity (Wildman–Crippen MR) is 211 cm³/mol. The fraction of sp³-hybridized carbons (Fsp3) is 0.171. The van der Waals surface area contributed by atoms with Crippen LogP contribution in [0.2, 0.25) is 19.6 Å². The van der Waals surface area contributed by atoms with Crippen molar-refractivity contribution in [2.75, 3.05) is 0 Å². The molecule has 0 saturated heterocycles. The SMILES string of the molecule is C[Si](C)(C)C(F)(F)Br.Fc1cnc2[nH]c3cc(OCc4ccccc4)ccc3c2c1.Fc1cnc2c(c1)c1ccc(OCc3ccccc3)cc1n2C(F)F. The maximum absolute atomic E-state index is 13.5. The Morgan fingerprint density at radius 3 is 1.75 bits per heavy atom. The summed E-state index contributed by atoms with van der Waals surface area (Å²) in [6, 6.07) is 32.8. The van der Waals surface area contributed by atoms with E-state index in [1.54, 1.807) is 31.8 Å². The average Bonchev–Trinajstić information content (AvgIpc) is 3.67. The first-order valence-electron chi connectivity index (χ1n) is 17.0.